The summed E-state index contributed by atoms with van der Waals surface area (Å²) < 4.78 is 5.24. The molecule has 0 fully saturated rings. The van der Waals surface area contributed by atoms with Crippen molar-refractivity contribution in [2.24, 2.45) is 5.73 Å². The molecule has 0 aliphatic carbocycles. The van der Waals surface area contributed by atoms with Crippen molar-refractivity contribution < 1.29 is 9.53 Å². The highest BCUT2D eigenvalue weighted by atomic mass is 16.5. The number of carbonyl (C=O) groups is 1. The summed E-state index contributed by atoms with van der Waals surface area (Å²) in [7, 11) is 1.55. The Hall–Kier alpha value is -2.03. The van der Waals surface area contributed by atoms with Gasteiger partial charge in [0.05, 0.1) is 12.7 Å². The van der Waals surface area contributed by atoms with Crippen LogP contribution in [0.2, 0.25) is 0 Å². The Morgan fingerprint density at radius 1 is 1.31 bits per heavy atom. The van der Waals surface area contributed by atoms with Crippen molar-refractivity contribution in [2.75, 3.05) is 7.11 Å². The Balaban J connectivity index is 2.93. The van der Waals surface area contributed by atoms with E-state index in [2.05, 4.69) is 0 Å². The van der Waals surface area contributed by atoms with Crippen LogP contribution in [0.1, 0.15) is 15.9 Å². The highest BCUT2D eigenvalue weighted by Gasteiger charge is 2.15. The van der Waals surface area contributed by atoms with Gasteiger partial charge in [0.1, 0.15) is 5.75 Å². The normalized spacial score (nSPS) is 10.4. The number of hydrogen-bond acceptors (Lipinski definition) is 2. The minimum absolute atomic E-state index is 0.457. The average molecular weight is 215 g/mol. The number of aryl methyl sites for hydroxylation is 1. The Bertz CT molecular complexity index is 561. The van der Waals surface area contributed by atoms with Gasteiger partial charge in [0, 0.05) is 0 Å². The van der Waals surface area contributed by atoms with Crippen LogP contribution in [0.25, 0.3) is 10.8 Å². The fraction of sp³-hybridized carbons (Fsp3) is 0.154. The van der Waals surface area contributed by atoms with Crippen LogP contribution in [0.4, 0.5) is 0 Å². The first-order valence-electron chi connectivity index (χ1n) is 5.01. The number of benzene rings is 2. The zero-order valence-electron chi connectivity index (χ0n) is 9.28. The van der Waals surface area contributed by atoms with E-state index in [1.54, 1.807) is 7.11 Å². The first-order chi connectivity index (χ1) is 7.65. The monoisotopic (exact) mass is 215 g/mol. The highest BCUT2D eigenvalue weighted by Crippen LogP contribution is 2.31. The summed E-state index contributed by atoms with van der Waals surface area (Å²) in [5.74, 6) is 0.1000. The van der Waals surface area contributed by atoms with E-state index in [-0.39, 0.29) is 0 Å². The molecule has 16 heavy (non-hydrogen) atoms. The molecule has 2 aromatic rings. The van der Waals surface area contributed by atoms with E-state index in [1.807, 2.05) is 37.3 Å². The highest BCUT2D eigenvalue weighted by molar-refractivity contribution is 6.09. The average Bonchev–Trinajstić information content (AvgIpc) is 2.26. The van der Waals surface area contributed by atoms with Crippen molar-refractivity contribution in [1.29, 1.82) is 0 Å². The summed E-state index contributed by atoms with van der Waals surface area (Å²) in [5, 5.41) is 1.83. The maximum atomic E-state index is 11.5. The van der Waals surface area contributed by atoms with E-state index in [4.69, 9.17) is 10.5 Å². The summed E-state index contributed by atoms with van der Waals surface area (Å²) >= 11 is 0. The van der Waals surface area contributed by atoms with E-state index in [0.29, 0.717) is 11.3 Å². The van der Waals surface area contributed by atoms with Gasteiger partial charge in [-0.15, -0.1) is 0 Å². The molecule has 0 aromatic heterocycles. The summed E-state index contributed by atoms with van der Waals surface area (Å²) in [4.78, 5) is 11.5. The van der Waals surface area contributed by atoms with E-state index >= 15 is 0 Å². The second-order valence-electron chi connectivity index (χ2n) is 3.69. The molecule has 0 heterocycles. The Morgan fingerprint density at radius 2 is 2.00 bits per heavy atom. The van der Waals surface area contributed by atoms with Crippen LogP contribution in [0.3, 0.4) is 0 Å². The molecule has 2 aromatic carbocycles. The molecule has 82 valence electrons. The first-order valence-corrected chi connectivity index (χ1v) is 5.01. The van der Waals surface area contributed by atoms with Gasteiger partial charge in [0.15, 0.2) is 0 Å². The van der Waals surface area contributed by atoms with Gasteiger partial charge in [0.25, 0.3) is 5.91 Å². The number of hydrogen-bond donors (Lipinski definition) is 1. The fourth-order valence-electron chi connectivity index (χ4n) is 1.98. The van der Waals surface area contributed by atoms with Crippen LogP contribution in [0.5, 0.6) is 5.75 Å². The molecule has 0 aliphatic heterocycles. The second-order valence-corrected chi connectivity index (χ2v) is 3.69. The topological polar surface area (TPSA) is 52.3 Å². The van der Waals surface area contributed by atoms with Crippen LogP contribution in [0.15, 0.2) is 30.3 Å². The Morgan fingerprint density at radius 3 is 2.62 bits per heavy atom. The lowest BCUT2D eigenvalue weighted by Gasteiger charge is -2.12. The van der Waals surface area contributed by atoms with Crippen molar-refractivity contribution in [1.82, 2.24) is 0 Å². The van der Waals surface area contributed by atoms with Crippen LogP contribution >= 0.6 is 0 Å². The van der Waals surface area contributed by atoms with Crippen LogP contribution < -0.4 is 10.5 Å². The zero-order valence-corrected chi connectivity index (χ0v) is 9.28. The van der Waals surface area contributed by atoms with Crippen molar-refractivity contribution >= 4 is 16.7 Å². The van der Waals surface area contributed by atoms with Gasteiger partial charge >= 0.3 is 0 Å². The van der Waals surface area contributed by atoms with Gasteiger partial charge in [-0.05, 0) is 29.3 Å². The van der Waals surface area contributed by atoms with E-state index < -0.39 is 5.91 Å². The molecule has 0 radical (unpaired) electrons. The molecule has 1 amide bonds. The molecular formula is C13H13NO2. The van der Waals surface area contributed by atoms with Gasteiger partial charge in [-0.1, -0.05) is 24.3 Å². The standard InChI is InChI=1S/C13H13NO2/c1-8-7-9-5-3-4-6-10(9)11(13(14)15)12(8)16-2/h3-7H,1-2H3,(H2,14,15). The number of rotatable bonds is 2. The predicted octanol–water partition coefficient (Wildman–Crippen LogP) is 2.26. The fourth-order valence-corrected chi connectivity index (χ4v) is 1.98. The van der Waals surface area contributed by atoms with Crippen molar-refractivity contribution in [3.63, 3.8) is 0 Å². The second kappa shape index (κ2) is 3.85. The third-order valence-corrected chi connectivity index (χ3v) is 2.64. The van der Waals surface area contributed by atoms with Gasteiger partial charge < -0.3 is 10.5 Å². The summed E-state index contributed by atoms with van der Waals surface area (Å²) in [6.07, 6.45) is 0. The number of methoxy groups -OCH3 is 1. The summed E-state index contributed by atoms with van der Waals surface area (Å²) in [5.41, 5.74) is 6.77. The molecule has 0 unspecified atom stereocenters. The van der Waals surface area contributed by atoms with Crippen molar-refractivity contribution in [3.05, 3.63) is 41.5 Å². The van der Waals surface area contributed by atoms with Gasteiger partial charge in [0.2, 0.25) is 0 Å². The van der Waals surface area contributed by atoms with Crippen molar-refractivity contribution in [2.45, 2.75) is 6.92 Å². The first kappa shape index (κ1) is 10.5. The molecule has 0 saturated heterocycles. The lowest BCUT2D eigenvalue weighted by molar-refractivity contribution is 0.0999. The SMILES string of the molecule is COc1c(C)cc2ccccc2c1C(N)=O. The molecule has 0 saturated carbocycles. The number of fused-ring (bicyclic) bond motifs is 1. The molecule has 0 bridgehead atoms. The van der Waals surface area contributed by atoms with E-state index in [1.165, 1.54) is 0 Å². The molecule has 0 atom stereocenters. The Labute approximate surface area is 93.8 Å². The van der Waals surface area contributed by atoms with Crippen LogP contribution in [-0.2, 0) is 0 Å². The molecule has 0 aliphatic rings. The largest absolute Gasteiger partial charge is 0.496 e. The minimum Gasteiger partial charge on any atom is -0.496 e. The van der Waals surface area contributed by atoms with E-state index in [0.717, 1.165) is 16.3 Å². The zero-order chi connectivity index (χ0) is 11.7. The number of carbonyl (C=O) groups excluding carboxylic acids is 1. The number of primary amides is 1. The Kier molecular flexibility index (Phi) is 2.52. The molecule has 2 rings (SSSR count). The molecule has 0 spiro atoms. The molecule has 2 N–H and O–H groups in total. The summed E-state index contributed by atoms with van der Waals surface area (Å²) in [6, 6.07) is 9.62. The van der Waals surface area contributed by atoms with Crippen molar-refractivity contribution in [3.8, 4) is 5.75 Å². The lowest BCUT2D eigenvalue weighted by Crippen LogP contribution is -2.13. The van der Waals surface area contributed by atoms with E-state index in [9.17, 15) is 4.79 Å². The maximum absolute atomic E-state index is 11.5. The maximum Gasteiger partial charge on any atom is 0.253 e. The predicted molar refractivity (Wildman–Crippen MR) is 63.8 cm³/mol. The third kappa shape index (κ3) is 1.50. The van der Waals surface area contributed by atoms with Crippen LogP contribution in [0, 0.1) is 6.92 Å². The lowest BCUT2D eigenvalue weighted by atomic mass is 9.99. The molecular weight excluding hydrogens is 202 g/mol. The number of amides is 1. The molecule has 3 heteroatoms. The van der Waals surface area contributed by atoms with Gasteiger partial charge in [-0.25, -0.2) is 0 Å². The quantitative estimate of drug-likeness (QED) is 0.835. The number of nitrogens with two attached hydrogens (primary N) is 1. The number of ether oxygens (including phenoxy) is 1. The minimum atomic E-state index is -0.461. The van der Waals surface area contributed by atoms with Gasteiger partial charge in [-0.3, -0.25) is 4.79 Å². The summed E-state index contributed by atoms with van der Waals surface area (Å²) in [6.45, 7) is 1.90. The smallest absolute Gasteiger partial charge is 0.253 e. The third-order valence-electron chi connectivity index (χ3n) is 2.64. The molecule has 3 nitrogen and oxygen atoms in total. The van der Waals surface area contributed by atoms with Gasteiger partial charge in [-0.2, -0.15) is 0 Å². The van der Waals surface area contributed by atoms with Crippen LogP contribution in [-0.4, -0.2) is 13.0 Å².